The zero-order chi connectivity index (χ0) is 18.2. The van der Waals surface area contributed by atoms with Gasteiger partial charge in [0.1, 0.15) is 5.82 Å². The van der Waals surface area contributed by atoms with Crippen molar-refractivity contribution in [1.82, 2.24) is 30.5 Å². The van der Waals surface area contributed by atoms with Gasteiger partial charge in [-0.2, -0.15) is 5.10 Å². The van der Waals surface area contributed by atoms with E-state index in [4.69, 9.17) is 9.97 Å². The van der Waals surface area contributed by atoms with Gasteiger partial charge in [-0.25, -0.2) is 9.97 Å². The van der Waals surface area contributed by atoms with Crippen LogP contribution in [-0.4, -0.2) is 44.3 Å². The number of pyridine rings is 1. The maximum absolute atomic E-state index is 4.89. The number of fused-ring (bicyclic) bond motifs is 1. The summed E-state index contributed by atoms with van der Waals surface area (Å²) < 4.78 is 1.09. The van der Waals surface area contributed by atoms with Crippen LogP contribution in [0, 0.1) is 6.92 Å². The van der Waals surface area contributed by atoms with Gasteiger partial charge < -0.3 is 10.6 Å². The van der Waals surface area contributed by atoms with Crippen molar-refractivity contribution in [3.8, 4) is 22.0 Å². The highest BCUT2D eigenvalue weighted by molar-refractivity contribution is 7.23. The third kappa shape index (κ3) is 2.96. The van der Waals surface area contributed by atoms with Crippen molar-refractivity contribution in [2.45, 2.75) is 19.4 Å². The molecule has 1 saturated heterocycles. The predicted octanol–water partition coefficient (Wildman–Crippen LogP) is 3.23. The van der Waals surface area contributed by atoms with E-state index in [0.29, 0.717) is 6.04 Å². The number of aryl methyl sites for hydroxylation is 1. The molecule has 0 saturated carbocycles. The van der Waals surface area contributed by atoms with Crippen molar-refractivity contribution in [2.24, 2.45) is 0 Å². The van der Waals surface area contributed by atoms with Gasteiger partial charge in [-0.15, -0.1) is 11.3 Å². The maximum Gasteiger partial charge on any atom is 0.162 e. The Morgan fingerprint density at radius 2 is 2.04 bits per heavy atom. The summed E-state index contributed by atoms with van der Waals surface area (Å²) in [4.78, 5) is 15.0. The lowest BCUT2D eigenvalue weighted by Gasteiger charge is -2.14. The largest absolute Gasteiger partial charge is 0.365 e. The number of H-pyrrole nitrogens is 1. The Morgan fingerprint density at radius 1 is 1.15 bits per heavy atom. The maximum atomic E-state index is 4.89. The van der Waals surface area contributed by atoms with E-state index in [1.165, 1.54) is 0 Å². The monoisotopic (exact) mass is 377 g/mol. The van der Waals surface area contributed by atoms with Crippen LogP contribution in [0.25, 0.3) is 32.2 Å². The van der Waals surface area contributed by atoms with Gasteiger partial charge in [0.05, 0.1) is 20.8 Å². The number of rotatable bonds is 4. The van der Waals surface area contributed by atoms with Crippen molar-refractivity contribution in [1.29, 1.82) is 0 Å². The lowest BCUT2D eigenvalue weighted by molar-refractivity contribution is 0.789. The van der Waals surface area contributed by atoms with Crippen LogP contribution in [0.1, 0.15) is 12.0 Å². The Bertz CT molecular complexity index is 1070. The van der Waals surface area contributed by atoms with E-state index in [2.05, 4.69) is 32.7 Å². The Kier molecular flexibility index (Phi) is 4.06. The summed E-state index contributed by atoms with van der Waals surface area (Å²) in [6.45, 7) is 4.10. The van der Waals surface area contributed by atoms with Crippen LogP contribution in [0.2, 0.25) is 0 Å². The SMILES string of the molecule is Cc1c(-c2ccn[nH]2)sc2c(NC3CCNC3)nc(-c3ccncc3)nc12. The minimum atomic E-state index is 0.381. The number of hydrogen-bond donors (Lipinski definition) is 3. The third-order valence-corrected chi connectivity index (χ3v) is 6.17. The normalized spacial score (nSPS) is 16.9. The van der Waals surface area contributed by atoms with Crippen molar-refractivity contribution in [3.05, 3.63) is 42.4 Å². The summed E-state index contributed by atoms with van der Waals surface area (Å²) in [5.41, 5.74) is 4.10. The van der Waals surface area contributed by atoms with Crippen LogP contribution >= 0.6 is 11.3 Å². The zero-order valence-corrected chi connectivity index (χ0v) is 15.7. The average Bonchev–Trinajstić information content (AvgIpc) is 3.45. The molecular formula is C19H19N7S. The molecule has 1 atom stereocenters. The predicted molar refractivity (Wildman–Crippen MR) is 108 cm³/mol. The average molecular weight is 377 g/mol. The minimum absolute atomic E-state index is 0.381. The van der Waals surface area contributed by atoms with Crippen LogP contribution < -0.4 is 10.6 Å². The summed E-state index contributed by atoms with van der Waals surface area (Å²) in [7, 11) is 0. The molecule has 5 heterocycles. The van der Waals surface area contributed by atoms with Gasteiger partial charge in [-0.1, -0.05) is 0 Å². The summed E-state index contributed by atoms with van der Waals surface area (Å²) in [5, 5.41) is 14.2. The number of anilines is 1. The minimum Gasteiger partial charge on any atom is -0.365 e. The second kappa shape index (κ2) is 6.71. The molecule has 4 aromatic rings. The van der Waals surface area contributed by atoms with Crippen LogP contribution in [0.15, 0.2) is 36.8 Å². The molecule has 1 unspecified atom stereocenters. The highest BCUT2D eigenvalue weighted by Crippen LogP contribution is 2.40. The van der Waals surface area contributed by atoms with E-state index < -0.39 is 0 Å². The molecular weight excluding hydrogens is 358 g/mol. The molecule has 0 spiro atoms. The van der Waals surface area contributed by atoms with E-state index in [-0.39, 0.29) is 0 Å². The fraction of sp³-hybridized carbons (Fsp3) is 0.263. The van der Waals surface area contributed by atoms with Gasteiger partial charge >= 0.3 is 0 Å². The highest BCUT2D eigenvalue weighted by atomic mass is 32.1. The molecule has 136 valence electrons. The summed E-state index contributed by atoms with van der Waals surface area (Å²) >= 11 is 1.70. The molecule has 4 aromatic heterocycles. The molecule has 5 rings (SSSR count). The van der Waals surface area contributed by atoms with Crippen LogP contribution in [0.5, 0.6) is 0 Å². The van der Waals surface area contributed by atoms with Gasteiger partial charge in [0, 0.05) is 36.7 Å². The number of thiophene rings is 1. The summed E-state index contributed by atoms with van der Waals surface area (Å²) in [6.07, 6.45) is 6.41. The van der Waals surface area contributed by atoms with Crippen molar-refractivity contribution in [2.75, 3.05) is 18.4 Å². The number of aromatic amines is 1. The summed E-state index contributed by atoms with van der Waals surface area (Å²) in [6, 6.07) is 6.26. The quantitative estimate of drug-likeness (QED) is 0.506. The first-order chi connectivity index (χ1) is 13.3. The highest BCUT2D eigenvalue weighted by Gasteiger charge is 2.21. The molecule has 0 radical (unpaired) electrons. The Balaban J connectivity index is 1.70. The molecule has 0 aromatic carbocycles. The fourth-order valence-corrected chi connectivity index (χ4v) is 4.60. The second-order valence-corrected chi connectivity index (χ2v) is 7.69. The summed E-state index contributed by atoms with van der Waals surface area (Å²) in [5.74, 6) is 1.62. The molecule has 27 heavy (non-hydrogen) atoms. The van der Waals surface area contributed by atoms with E-state index >= 15 is 0 Å². The topological polar surface area (TPSA) is 91.4 Å². The van der Waals surface area contributed by atoms with E-state index in [1.807, 2.05) is 18.2 Å². The molecule has 1 fully saturated rings. The molecule has 0 bridgehead atoms. The first-order valence-electron chi connectivity index (χ1n) is 8.98. The van der Waals surface area contributed by atoms with Gasteiger partial charge in [0.25, 0.3) is 0 Å². The lowest BCUT2D eigenvalue weighted by atomic mass is 10.2. The van der Waals surface area contributed by atoms with Gasteiger partial charge in [-0.05, 0) is 43.7 Å². The van der Waals surface area contributed by atoms with E-state index in [1.54, 1.807) is 29.9 Å². The van der Waals surface area contributed by atoms with Crippen LogP contribution in [0.3, 0.4) is 0 Å². The molecule has 3 N–H and O–H groups in total. The Morgan fingerprint density at radius 3 is 2.78 bits per heavy atom. The standard InChI is InChI=1S/C19H19N7S/c1-11-15-17(27-16(11)14-5-9-22-26-14)19(23-13-4-8-21-10-13)25-18(24-15)12-2-6-20-7-3-12/h2-3,5-7,9,13,21H,4,8,10H2,1H3,(H,22,26)(H,23,24,25). The molecule has 8 heteroatoms. The molecule has 1 aliphatic heterocycles. The Labute approximate surface area is 160 Å². The van der Waals surface area contributed by atoms with Crippen molar-refractivity contribution in [3.63, 3.8) is 0 Å². The fourth-order valence-electron chi connectivity index (χ4n) is 3.43. The number of nitrogens with zero attached hydrogens (tertiary/aromatic N) is 4. The molecule has 1 aliphatic rings. The van der Waals surface area contributed by atoms with Crippen molar-refractivity contribution >= 4 is 27.4 Å². The number of aromatic nitrogens is 5. The third-order valence-electron chi connectivity index (χ3n) is 4.85. The molecule has 0 amide bonds. The van der Waals surface area contributed by atoms with E-state index in [0.717, 1.165) is 63.1 Å². The number of nitrogens with one attached hydrogen (secondary N) is 3. The van der Waals surface area contributed by atoms with Gasteiger partial charge in [0.15, 0.2) is 5.82 Å². The van der Waals surface area contributed by atoms with Gasteiger partial charge in [0.2, 0.25) is 0 Å². The van der Waals surface area contributed by atoms with Crippen LogP contribution in [-0.2, 0) is 0 Å². The van der Waals surface area contributed by atoms with Crippen LogP contribution in [0.4, 0.5) is 5.82 Å². The van der Waals surface area contributed by atoms with E-state index in [9.17, 15) is 0 Å². The van der Waals surface area contributed by atoms with Crippen molar-refractivity contribution < 1.29 is 0 Å². The smallest absolute Gasteiger partial charge is 0.162 e. The first-order valence-corrected chi connectivity index (χ1v) is 9.80. The molecule has 7 nitrogen and oxygen atoms in total. The second-order valence-electron chi connectivity index (χ2n) is 6.67. The zero-order valence-electron chi connectivity index (χ0n) is 14.9. The first kappa shape index (κ1) is 16.3. The van der Waals surface area contributed by atoms with Gasteiger partial charge in [-0.3, -0.25) is 10.1 Å². The lowest BCUT2D eigenvalue weighted by Crippen LogP contribution is -2.22. The molecule has 0 aliphatic carbocycles. The number of hydrogen-bond acceptors (Lipinski definition) is 7. The Hall–Kier alpha value is -2.84.